The molecule has 0 aromatic carbocycles. The first kappa shape index (κ1) is 8.06. The van der Waals surface area contributed by atoms with E-state index in [2.05, 4.69) is 20.8 Å². The van der Waals surface area contributed by atoms with Gasteiger partial charge in [-0.2, -0.15) is 0 Å². The molecule has 60 valence electrons. The zero-order valence-corrected chi connectivity index (χ0v) is 7.26. The zero-order chi connectivity index (χ0) is 7.56. The Bertz CT molecular complexity index is 98.9. The summed E-state index contributed by atoms with van der Waals surface area (Å²) in [5, 5.41) is 0. The van der Waals surface area contributed by atoms with Crippen molar-refractivity contribution in [1.29, 1.82) is 0 Å². The molecule has 0 radical (unpaired) electrons. The Kier molecular flexibility index (Phi) is 2.72. The Balaban J connectivity index is 2.40. The van der Waals surface area contributed by atoms with Crippen LogP contribution >= 0.6 is 0 Å². The van der Waals surface area contributed by atoms with E-state index in [1.165, 1.54) is 12.8 Å². The molecule has 0 aliphatic carbocycles. The zero-order valence-electron chi connectivity index (χ0n) is 7.26. The van der Waals surface area contributed by atoms with Crippen molar-refractivity contribution in [2.24, 2.45) is 11.8 Å². The van der Waals surface area contributed by atoms with E-state index in [9.17, 15) is 0 Å². The Hall–Kier alpha value is -0.0400. The van der Waals surface area contributed by atoms with Gasteiger partial charge in [0.1, 0.15) is 0 Å². The average Bonchev–Trinajstić information content (AvgIpc) is 1.88. The lowest BCUT2D eigenvalue weighted by molar-refractivity contribution is -0.0464. The van der Waals surface area contributed by atoms with E-state index >= 15 is 0 Å². The minimum Gasteiger partial charge on any atom is -0.378 e. The van der Waals surface area contributed by atoms with Crippen LogP contribution in [-0.2, 0) is 4.74 Å². The summed E-state index contributed by atoms with van der Waals surface area (Å²) in [6.07, 6.45) is 3.13. The van der Waals surface area contributed by atoms with E-state index in [1.54, 1.807) is 0 Å². The molecule has 0 aromatic heterocycles. The summed E-state index contributed by atoms with van der Waals surface area (Å²) in [7, 11) is 0. The fraction of sp³-hybridized carbons (Fsp3) is 1.00. The molecular formula is C9H18O. The third-order valence-corrected chi connectivity index (χ3v) is 2.33. The molecule has 1 heterocycles. The van der Waals surface area contributed by atoms with Crippen LogP contribution in [0.4, 0.5) is 0 Å². The Morgan fingerprint density at radius 3 is 2.50 bits per heavy atom. The van der Waals surface area contributed by atoms with Crippen molar-refractivity contribution in [2.75, 3.05) is 6.61 Å². The largest absolute Gasteiger partial charge is 0.378 e. The van der Waals surface area contributed by atoms with E-state index in [4.69, 9.17) is 4.74 Å². The maximum Gasteiger partial charge on any atom is 0.0623 e. The Morgan fingerprint density at radius 2 is 2.10 bits per heavy atom. The molecule has 0 saturated carbocycles. The molecule has 10 heavy (non-hydrogen) atoms. The maximum absolute atomic E-state index is 5.65. The van der Waals surface area contributed by atoms with Crippen molar-refractivity contribution in [3.05, 3.63) is 0 Å². The molecule has 1 aliphatic rings. The summed E-state index contributed by atoms with van der Waals surface area (Å²) < 4.78 is 5.65. The quantitative estimate of drug-likeness (QED) is 0.546. The Morgan fingerprint density at radius 1 is 1.40 bits per heavy atom. The highest BCUT2D eigenvalue weighted by molar-refractivity contribution is 4.73. The molecule has 0 unspecified atom stereocenters. The fourth-order valence-corrected chi connectivity index (χ4v) is 1.80. The van der Waals surface area contributed by atoms with Gasteiger partial charge in [0.2, 0.25) is 0 Å². The molecule has 1 fully saturated rings. The summed E-state index contributed by atoms with van der Waals surface area (Å²) in [6, 6.07) is 0. The molecule has 1 saturated heterocycles. The van der Waals surface area contributed by atoms with Crippen LogP contribution in [0.5, 0.6) is 0 Å². The smallest absolute Gasteiger partial charge is 0.0623 e. The lowest BCUT2D eigenvalue weighted by atomic mass is 9.89. The van der Waals surface area contributed by atoms with Crippen molar-refractivity contribution in [1.82, 2.24) is 0 Å². The van der Waals surface area contributed by atoms with Gasteiger partial charge < -0.3 is 4.74 Å². The van der Waals surface area contributed by atoms with Gasteiger partial charge in [0, 0.05) is 6.61 Å². The van der Waals surface area contributed by atoms with Crippen molar-refractivity contribution in [3.8, 4) is 0 Å². The lowest BCUT2D eigenvalue weighted by Gasteiger charge is -2.31. The van der Waals surface area contributed by atoms with E-state index in [0.29, 0.717) is 12.0 Å². The fourth-order valence-electron chi connectivity index (χ4n) is 1.80. The lowest BCUT2D eigenvalue weighted by Crippen LogP contribution is -2.31. The first-order valence-corrected chi connectivity index (χ1v) is 4.33. The molecule has 0 N–H and O–H groups in total. The monoisotopic (exact) mass is 142 g/mol. The first-order chi connectivity index (χ1) is 4.72. The summed E-state index contributed by atoms with van der Waals surface area (Å²) in [6.45, 7) is 7.76. The molecular weight excluding hydrogens is 124 g/mol. The predicted octanol–water partition coefficient (Wildman–Crippen LogP) is 2.46. The van der Waals surface area contributed by atoms with Crippen molar-refractivity contribution < 1.29 is 4.74 Å². The summed E-state index contributed by atoms with van der Waals surface area (Å²) in [5.74, 6) is 1.46. The standard InChI is InChI=1S/C9H18O/c1-7(2)9-8(3)5-4-6-10-9/h7-9H,4-6H2,1-3H3/t8-,9+/m0/s1. The van der Waals surface area contributed by atoms with E-state index in [1.807, 2.05) is 0 Å². The second kappa shape index (κ2) is 3.38. The van der Waals surface area contributed by atoms with Gasteiger partial charge in [-0.15, -0.1) is 0 Å². The van der Waals surface area contributed by atoms with Crippen LogP contribution in [0.25, 0.3) is 0 Å². The molecule has 2 atom stereocenters. The van der Waals surface area contributed by atoms with Gasteiger partial charge in [0.05, 0.1) is 6.10 Å². The van der Waals surface area contributed by atoms with E-state index in [-0.39, 0.29) is 0 Å². The minimum atomic E-state index is 0.522. The molecule has 1 nitrogen and oxygen atoms in total. The third-order valence-electron chi connectivity index (χ3n) is 2.33. The van der Waals surface area contributed by atoms with Crippen molar-refractivity contribution in [3.63, 3.8) is 0 Å². The van der Waals surface area contributed by atoms with Crippen LogP contribution in [0, 0.1) is 11.8 Å². The summed E-state index contributed by atoms with van der Waals surface area (Å²) >= 11 is 0. The average molecular weight is 142 g/mol. The van der Waals surface area contributed by atoms with Crippen molar-refractivity contribution >= 4 is 0 Å². The minimum absolute atomic E-state index is 0.522. The molecule has 0 spiro atoms. The van der Waals surface area contributed by atoms with Crippen molar-refractivity contribution in [2.45, 2.75) is 39.7 Å². The second-order valence-corrected chi connectivity index (χ2v) is 3.70. The molecule has 1 rings (SSSR count). The van der Waals surface area contributed by atoms with E-state index in [0.717, 1.165) is 12.5 Å². The SMILES string of the molecule is CC(C)[C@H]1OCCC[C@@H]1C. The van der Waals surface area contributed by atoms with Gasteiger partial charge in [-0.1, -0.05) is 20.8 Å². The number of ether oxygens (including phenoxy) is 1. The normalized spacial score (nSPS) is 34.8. The van der Waals surface area contributed by atoms with Gasteiger partial charge >= 0.3 is 0 Å². The molecule has 0 aromatic rings. The second-order valence-electron chi connectivity index (χ2n) is 3.70. The summed E-state index contributed by atoms with van der Waals surface area (Å²) in [5.41, 5.74) is 0. The topological polar surface area (TPSA) is 9.23 Å². The van der Waals surface area contributed by atoms with Gasteiger partial charge in [0.25, 0.3) is 0 Å². The van der Waals surface area contributed by atoms with Gasteiger partial charge in [-0.05, 0) is 24.7 Å². The third kappa shape index (κ3) is 1.72. The van der Waals surface area contributed by atoms with Crippen LogP contribution in [0.3, 0.4) is 0 Å². The van der Waals surface area contributed by atoms with Crippen LogP contribution in [-0.4, -0.2) is 12.7 Å². The van der Waals surface area contributed by atoms with Crippen LogP contribution in [0.15, 0.2) is 0 Å². The highest BCUT2D eigenvalue weighted by Gasteiger charge is 2.24. The van der Waals surface area contributed by atoms with Crippen LogP contribution < -0.4 is 0 Å². The summed E-state index contributed by atoms with van der Waals surface area (Å²) in [4.78, 5) is 0. The molecule has 1 heteroatoms. The maximum atomic E-state index is 5.65. The number of hydrogen-bond acceptors (Lipinski definition) is 1. The highest BCUT2D eigenvalue weighted by Crippen LogP contribution is 2.25. The highest BCUT2D eigenvalue weighted by atomic mass is 16.5. The van der Waals surface area contributed by atoms with Gasteiger partial charge in [0.15, 0.2) is 0 Å². The molecule has 1 aliphatic heterocycles. The van der Waals surface area contributed by atoms with Crippen LogP contribution in [0.2, 0.25) is 0 Å². The van der Waals surface area contributed by atoms with Gasteiger partial charge in [-0.3, -0.25) is 0 Å². The number of rotatable bonds is 1. The molecule has 0 amide bonds. The van der Waals surface area contributed by atoms with Gasteiger partial charge in [-0.25, -0.2) is 0 Å². The number of hydrogen-bond donors (Lipinski definition) is 0. The van der Waals surface area contributed by atoms with Crippen LogP contribution in [0.1, 0.15) is 33.6 Å². The Labute approximate surface area is 63.8 Å². The molecule has 0 bridgehead atoms. The first-order valence-electron chi connectivity index (χ1n) is 4.33. The predicted molar refractivity (Wildman–Crippen MR) is 43.0 cm³/mol. The van der Waals surface area contributed by atoms with E-state index < -0.39 is 0 Å².